The first-order valence-electron chi connectivity index (χ1n) is 10.7. The molecule has 1 aromatic heterocycles. The van der Waals surface area contributed by atoms with E-state index in [-0.39, 0.29) is 22.6 Å². The van der Waals surface area contributed by atoms with Gasteiger partial charge in [-0.15, -0.1) is 0 Å². The van der Waals surface area contributed by atoms with Crippen LogP contribution in [0.2, 0.25) is 5.02 Å². The zero-order valence-corrected chi connectivity index (χ0v) is 19.8. The summed E-state index contributed by atoms with van der Waals surface area (Å²) in [6.45, 7) is 0.427. The number of sulfonamides is 1. The maximum absolute atomic E-state index is 13.1. The second-order valence-electron chi connectivity index (χ2n) is 8.14. The molecule has 35 heavy (non-hydrogen) atoms. The summed E-state index contributed by atoms with van der Waals surface area (Å²) in [7, 11) is -3.76. The third-order valence-corrected chi connectivity index (χ3v) is 8.00. The molecule has 0 atom stereocenters. The van der Waals surface area contributed by atoms with Gasteiger partial charge >= 0.3 is 6.18 Å². The van der Waals surface area contributed by atoms with Crippen molar-refractivity contribution in [2.24, 2.45) is 0 Å². The molecule has 6 nitrogen and oxygen atoms in total. The van der Waals surface area contributed by atoms with Crippen LogP contribution < -0.4 is 5.56 Å². The molecule has 4 rings (SSSR count). The highest BCUT2D eigenvalue weighted by Crippen LogP contribution is 2.37. The van der Waals surface area contributed by atoms with Gasteiger partial charge in [0.15, 0.2) is 5.78 Å². The van der Waals surface area contributed by atoms with Gasteiger partial charge in [0.1, 0.15) is 0 Å². The molecule has 1 aliphatic heterocycles. The lowest BCUT2D eigenvalue weighted by Crippen LogP contribution is -2.30. The van der Waals surface area contributed by atoms with Crippen molar-refractivity contribution in [3.63, 3.8) is 0 Å². The number of aromatic nitrogens is 1. The molecule has 3 aromatic rings. The number of hydrogen-bond donors (Lipinski definition) is 0. The fourth-order valence-corrected chi connectivity index (χ4v) is 5.64. The van der Waals surface area contributed by atoms with Crippen molar-refractivity contribution in [1.82, 2.24) is 8.87 Å². The molecule has 184 valence electrons. The lowest BCUT2D eigenvalue weighted by atomic mass is 10.0. The molecule has 0 radical (unpaired) electrons. The van der Waals surface area contributed by atoms with Crippen LogP contribution in [0.3, 0.4) is 0 Å². The number of benzene rings is 2. The van der Waals surface area contributed by atoms with Crippen LogP contribution >= 0.6 is 11.6 Å². The van der Waals surface area contributed by atoms with Crippen molar-refractivity contribution in [2.45, 2.75) is 30.5 Å². The molecule has 1 aliphatic rings. The first-order valence-corrected chi connectivity index (χ1v) is 12.5. The van der Waals surface area contributed by atoms with Gasteiger partial charge < -0.3 is 4.57 Å². The second kappa shape index (κ2) is 9.60. The van der Waals surface area contributed by atoms with Crippen LogP contribution in [0, 0.1) is 0 Å². The van der Waals surface area contributed by atoms with Crippen LogP contribution in [0.5, 0.6) is 0 Å². The van der Waals surface area contributed by atoms with Gasteiger partial charge in [-0.2, -0.15) is 17.5 Å². The highest BCUT2D eigenvalue weighted by molar-refractivity contribution is 7.89. The topological polar surface area (TPSA) is 76.5 Å². The van der Waals surface area contributed by atoms with Gasteiger partial charge in [-0.25, -0.2) is 8.42 Å². The molecule has 0 amide bonds. The van der Waals surface area contributed by atoms with E-state index in [1.807, 2.05) is 0 Å². The van der Waals surface area contributed by atoms with E-state index < -0.39 is 38.1 Å². The molecule has 0 N–H and O–H groups in total. The van der Waals surface area contributed by atoms with Crippen LogP contribution in [0.25, 0.3) is 11.1 Å². The van der Waals surface area contributed by atoms with Gasteiger partial charge in [0, 0.05) is 30.9 Å². The van der Waals surface area contributed by atoms with E-state index in [4.69, 9.17) is 11.6 Å². The van der Waals surface area contributed by atoms with Crippen molar-refractivity contribution >= 4 is 27.4 Å². The third kappa shape index (κ3) is 5.34. The van der Waals surface area contributed by atoms with Gasteiger partial charge in [-0.1, -0.05) is 41.9 Å². The number of alkyl halides is 3. The molecule has 11 heteroatoms. The predicted octanol–water partition coefficient (Wildman–Crippen LogP) is 4.85. The van der Waals surface area contributed by atoms with Crippen molar-refractivity contribution in [1.29, 1.82) is 0 Å². The summed E-state index contributed by atoms with van der Waals surface area (Å²) in [6.07, 6.45) is -1.91. The SMILES string of the molecule is O=C(Cn1cc(S(=O)(=O)N2CCCC2)ccc1=O)c1ccc(-c2ccc(Cl)c(C(F)(F)F)c2)cc1. The number of nitrogens with zero attached hydrogens (tertiary/aromatic N) is 2. The van der Waals surface area contributed by atoms with Crippen molar-refractivity contribution in [3.05, 3.63) is 87.3 Å². The lowest BCUT2D eigenvalue weighted by Gasteiger charge is -2.16. The highest BCUT2D eigenvalue weighted by Gasteiger charge is 2.33. The van der Waals surface area contributed by atoms with Crippen LogP contribution in [0.15, 0.2) is 70.5 Å². The summed E-state index contributed by atoms with van der Waals surface area (Å²) in [4.78, 5) is 25.0. The van der Waals surface area contributed by atoms with Crippen LogP contribution in [-0.2, 0) is 22.7 Å². The van der Waals surface area contributed by atoms with Crippen molar-refractivity contribution in [3.8, 4) is 11.1 Å². The van der Waals surface area contributed by atoms with Crippen molar-refractivity contribution < 1.29 is 26.4 Å². The summed E-state index contributed by atoms with van der Waals surface area (Å²) in [5.41, 5.74) is -0.550. The molecule has 0 unspecified atom stereocenters. The smallest absolute Gasteiger partial charge is 0.306 e. The summed E-state index contributed by atoms with van der Waals surface area (Å²) in [5, 5.41) is -0.410. The van der Waals surface area contributed by atoms with Gasteiger partial charge in [0.25, 0.3) is 5.56 Å². The number of halogens is 4. The Morgan fingerprint density at radius 3 is 2.20 bits per heavy atom. The molecular formula is C24H20ClF3N2O4S. The number of rotatable bonds is 6. The van der Waals surface area contributed by atoms with E-state index in [0.717, 1.165) is 41.8 Å². The van der Waals surface area contributed by atoms with Gasteiger partial charge in [0.2, 0.25) is 10.0 Å². The Kier molecular flexibility index (Phi) is 6.90. The summed E-state index contributed by atoms with van der Waals surface area (Å²) in [6, 6.07) is 11.7. The summed E-state index contributed by atoms with van der Waals surface area (Å²) < 4.78 is 67.4. The lowest BCUT2D eigenvalue weighted by molar-refractivity contribution is -0.137. The quantitative estimate of drug-likeness (QED) is 0.432. The molecule has 0 bridgehead atoms. The van der Waals surface area contributed by atoms with E-state index in [2.05, 4.69) is 0 Å². The monoisotopic (exact) mass is 524 g/mol. The third-order valence-electron chi connectivity index (χ3n) is 5.79. The molecule has 0 spiro atoms. The molecule has 0 saturated carbocycles. The van der Waals surface area contributed by atoms with E-state index >= 15 is 0 Å². The number of Topliss-reactive ketones (excluding diaryl/α,β-unsaturated/α-hetero) is 1. The van der Waals surface area contributed by atoms with Gasteiger partial charge in [0.05, 0.1) is 22.0 Å². The molecule has 2 heterocycles. The Bertz CT molecular complexity index is 1430. The largest absolute Gasteiger partial charge is 0.417 e. The van der Waals surface area contributed by atoms with E-state index in [9.17, 15) is 31.2 Å². The second-order valence-corrected chi connectivity index (χ2v) is 10.5. The van der Waals surface area contributed by atoms with Gasteiger partial charge in [-0.05, 0) is 42.2 Å². The Hall–Kier alpha value is -2.95. The standard InChI is InChI=1S/C24H20ClF3N2O4S/c25-21-9-7-18(13-20(21)24(26,27)28)16-3-5-17(6-4-16)22(31)15-29-14-19(8-10-23(29)32)35(33,34)30-11-1-2-12-30/h3-10,13-14H,1-2,11-12,15H2. The Labute approximate surface area is 204 Å². The number of carbonyl (C=O) groups is 1. The van der Waals surface area contributed by atoms with Gasteiger partial charge in [-0.3, -0.25) is 9.59 Å². The Balaban J connectivity index is 1.55. The fourth-order valence-electron chi connectivity index (χ4n) is 3.88. The number of pyridine rings is 1. The maximum atomic E-state index is 13.1. The fraction of sp³-hybridized carbons (Fsp3) is 0.250. The Morgan fingerprint density at radius 1 is 0.943 bits per heavy atom. The van der Waals surface area contributed by atoms with Crippen molar-refractivity contribution in [2.75, 3.05) is 13.1 Å². The number of carbonyl (C=O) groups excluding carboxylic acids is 1. The minimum atomic E-state index is -4.60. The number of ketones is 1. The minimum absolute atomic E-state index is 0.0645. The molecular weight excluding hydrogens is 505 g/mol. The first kappa shape index (κ1) is 25.2. The minimum Gasteiger partial charge on any atom is -0.306 e. The number of hydrogen-bond acceptors (Lipinski definition) is 4. The zero-order valence-electron chi connectivity index (χ0n) is 18.3. The average Bonchev–Trinajstić information content (AvgIpc) is 3.36. The normalized spacial score (nSPS) is 14.9. The zero-order chi connectivity index (χ0) is 25.4. The van der Waals surface area contributed by atoms with Crippen LogP contribution in [-0.4, -0.2) is 36.2 Å². The highest BCUT2D eigenvalue weighted by atomic mass is 35.5. The van der Waals surface area contributed by atoms with E-state index in [1.54, 1.807) is 0 Å². The summed E-state index contributed by atoms with van der Waals surface area (Å²) in [5.74, 6) is -0.457. The maximum Gasteiger partial charge on any atom is 0.417 e. The van der Waals surface area contributed by atoms with E-state index in [1.165, 1.54) is 40.7 Å². The molecule has 1 fully saturated rings. The summed E-state index contributed by atoms with van der Waals surface area (Å²) >= 11 is 5.67. The average molecular weight is 525 g/mol. The predicted molar refractivity (Wildman–Crippen MR) is 125 cm³/mol. The van der Waals surface area contributed by atoms with Crippen LogP contribution in [0.1, 0.15) is 28.8 Å². The first-order chi connectivity index (χ1) is 16.5. The molecule has 0 aliphatic carbocycles. The molecule has 2 aromatic carbocycles. The van der Waals surface area contributed by atoms with E-state index in [0.29, 0.717) is 18.7 Å². The van der Waals surface area contributed by atoms with Crippen LogP contribution in [0.4, 0.5) is 13.2 Å². The Morgan fingerprint density at radius 2 is 1.57 bits per heavy atom. The molecule has 1 saturated heterocycles.